The minimum atomic E-state index is -3.67. The number of pyridine rings is 1. The number of hydrogen-bond donors (Lipinski definition) is 3. The maximum absolute atomic E-state index is 12.7. The molecule has 0 saturated carbocycles. The molecule has 0 amide bonds. The lowest BCUT2D eigenvalue weighted by Gasteiger charge is -2.43. The molecule has 1 saturated heterocycles. The number of aromatic nitrogens is 1. The molecule has 0 bridgehead atoms. The van der Waals surface area contributed by atoms with Crippen LogP contribution in [0.1, 0.15) is 56.5 Å². The number of aliphatic hydroxyl groups excluding tert-OH is 1. The fourth-order valence-electron chi connectivity index (χ4n) is 5.64. The molecule has 0 radical (unpaired) electrons. The maximum Gasteiger partial charge on any atom is 0.338 e. The lowest BCUT2D eigenvalue weighted by molar-refractivity contribution is -0.255. The molecule has 1 aliphatic rings. The van der Waals surface area contributed by atoms with Crippen LogP contribution in [-0.4, -0.2) is 41.4 Å². The Hall–Kier alpha value is -4.36. The number of nitrogens with zero attached hydrogens (tertiary/aromatic N) is 1. The van der Waals surface area contributed by atoms with Gasteiger partial charge in [-0.15, -0.1) is 11.8 Å². The first kappa shape index (κ1) is 33.5. The SMILES string of the molecule is O=C(O)c1cccnc1SC[C@H]1OC(c2ccc(CNS(=O)(=O)c3ccccc3)cc2)O[C@@H](c2ccc(CO)cc2)[C@@H]1c1ccccc1. The van der Waals surface area contributed by atoms with Crippen LogP contribution in [0.15, 0.2) is 137 Å². The topological polar surface area (TPSA) is 135 Å². The van der Waals surface area contributed by atoms with Gasteiger partial charge >= 0.3 is 5.97 Å². The number of nitrogens with one attached hydrogen (secondary N) is 1. The molecular weight excluding hydrogens is 649 g/mol. The molecule has 1 aromatic heterocycles. The Morgan fingerprint density at radius 2 is 1.42 bits per heavy atom. The van der Waals surface area contributed by atoms with Crippen LogP contribution in [0.3, 0.4) is 0 Å². The molecule has 4 atom stereocenters. The van der Waals surface area contributed by atoms with E-state index in [0.717, 1.165) is 27.8 Å². The van der Waals surface area contributed by atoms with E-state index in [-0.39, 0.29) is 29.5 Å². The number of ether oxygens (including phenoxy) is 2. The van der Waals surface area contributed by atoms with E-state index in [0.29, 0.717) is 10.8 Å². The summed E-state index contributed by atoms with van der Waals surface area (Å²) in [5, 5.41) is 19.8. The summed E-state index contributed by atoms with van der Waals surface area (Å²) in [6.07, 6.45) is -0.0931. The molecule has 9 nitrogen and oxygen atoms in total. The Morgan fingerprint density at radius 1 is 0.771 bits per heavy atom. The van der Waals surface area contributed by atoms with E-state index >= 15 is 0 Å². The van der Waals surface area contributed by atoms with Crippen LogP contribution < -0.4 is 4.72 Å². The van der Waals surface area contributed by atoms with Crippen LogP contribution in [0.4, 0.5) is 0 Å². The number of carbonyl (C=O) groups is 1. The van der Waals surface area contributed by atoms with Crippen molar-refractivity contribution < 1.29 is 32.9 Å². The highest BCUT2D eigenvalue weighted by Crippen LogP contribution is 2.48. The van der Waals surface area contributed by atoms with E-state index in [9.17, 15) is 23.4 Å². The molecule has 3 N–H and O–H groups in total. The van der Waals surface area contributed by atoms with Gasteiger partial charge in [-0.2, -0.15) is 0 Å². The lowest BCUT2D eigenvalue weighted by Crippen LogP contribution is -2.38. The van der Waals surface area contributed by atoms with Crippen molar-refractivity contribution in [3.05, 3.63) is 161 Å². The van der Waals surface area contributed by atoms with Gasteiger partial charge in [0, 0.05) is 30.0 Å². The summed E-state index contributed by atoms with van der Waals surface area (Å²) in [7, 11) is -3.67. The van der Waals surface area contributed by atoms with Crippen LogP contribution >= 0.6 is 11.8 Å². The Morgan fingerprint density at radius 3 is 2.08 bits per heavy atom. The van der Waals surface area contributed by atoms with Crippen LogP contribution in [0.2, 0.25) is 0 Å². The number of carboxylic acids is 1. The summed E-state index contributed by atoms with van der Waals surface area (Å²) in [5.74, 6) is -0.927. The molecular formula is C37H34N2O7S2. The summed E-state index contributed by atoms with van der Waals surface area (Å²) in [5.41, 5.74) is 4.30. The van der Waals surface area contributed by atoms with E-state index in [4.69, 9.17) is 9.47 Å². The van der Waals surface area contributed by atoms with Crippen LogP contribution in [0, 0.1) is 0 Å². The smallest absolute Gasteiger partial charge is 0.338 e. The first-order valence-corrected chi connectivity index (χ1v) is 17.8. The summed E-state index contributed by atoms with van der Waals surface area (Å²) in [6.45, 7) is 0.0256. The predicted molar refractivity (Wildman–Crippen MR) is 182 cm³/mol. The van der Waals surface area contributed by atoms with Crippen LogP contribution in [-0.2, 0) is 32.6 Å². The normalized spacial score (nSPS) is 19.5. The minimum absolute atomic E-state index is 0.0806. The van der Waals surface area contributed by atoms with Gasteiger partial charge in [0.25, 0.3) is 0 Å². The van der Waals surface area contributed by atoms with Crippen molar-refractivity contribution in [3.8, 4) is 0 Å². The van der Waals surface area contributed by atoms with Crippen molar-refractivity contribution in [1.29, 1.82) is 0 Å². The van der Waals surface area contributed by atoms with Gasteiger partial charge in [0.2, 0.25) is 10.0 Å². The van der Waals surface area contributed by atoms with Crippen molar-refractivity contribution >= 4 is 27.8 Å². The number of thioether (sulfide) groups is 1. The fourth-order valence-corrected chi connectivity index (χ4v) is 7.73. The van der Waals surface area contributed by atoms with Gasteiger partial charge in [-0.05, 0) is 46.5 Å². The molecule has 0 aliphatic carbocycles. The second kappa shape index (κ2) is 15.2. The van der Waals surface area contributed by atoms with E-state index in [1.54, 1.807) is 42.6 Å². The van der Waals surface area contributed by atoms with Crippen molar-refractivity contribution in [3.63, 3.8) is 0 Å². The van der Waals surface area contributed by atoms with Gasteiger partial charge in [0.15, 0.2) is 6.29 Å². The molecule has 1 fully saturated rings. The Bertz CT molecular complexity index is 1930. The van der Waals surface area contributed by atoms with Gasteiger partial charge in [-0.3, -0.25) is 0 Å². The zero-order valence-electron chi connectivity index (χ0n) is 25.8. The maximum atomic E-state index is 12.7. The third-order valence-corrected chi connectivity index (χ3v) is 10.6. The summed E-state index contributed by atoms with van der Waals surface area (Å²) < 4.78 is 41.6. The molecule has 1 aliphatic heterocycles. The van der Waals surface area contributed by atoms with Gasteiger partial charge in [-0.1, -0.05) is 97.1 Å². The number of aromatic carboxylic acids is 1. The zero-order chi connectivity index (χ0) is 33.5. The molecule has 5 aromatic rings. The minimum Gasteiger partial charge on any atom is -0.478 e. The number of sulfonamides is 1. The van der Waals surface area contributed by atoms with Crippen molar-refractivity contribution in [2.45, 2.75) is 47.5 Å². The standard InChI is InChI=1S/C37H34N2O7S2/c40-23-26-15-17-28(18-16-26)34-33(27-8-3-1-4-9-27)32(24-47-35-31(36(41)42)12-7-21-38-35)45-37(46-34)29-19-13-25(14-20-29)22-39-48(43,44)30-10-5-2-6-11-30/h1-21,32-34,37,39-40H,22-24H2,(H,41,42)/t32-,33-,34+,37?/m1/s1. The number of hydrogen-bond acceptors (Lipinski definition) is 8. The third kappa shape index (κ3) is 7.84. The summed E-state index contributed by atoms with van der Waals surface area (Å²) in [6, 6.07) is 36.3. The molecule has 6 rings (SSSR count). The lowest BCUT2D eigenvalue weighted by atomic mass is 9.84. The Kier molecular flexibility index (Phi) is 10.7. The van der Waals surface area contributed by atoms with E-state index in [2.05, 4.69) is 9.71 Å². The van der Waals surface area contributed by atoms with Gasteiger partial charge in [0.05, 0.1) is 29.3 Å². The third-order valence-electron chi connectivity index (χ3n) is 8.13. The molecule has 1 unspecified atom stereocenters. The summed E-state index contributed by atoms with van der Waals surface area (Å²) in [4.78, 5) is 16.5. The van der Waals surface area contributed by atoms with Gasteiger partial charge in [-0.25, -0.2) is 22.9 Å². The highest BCUT2D eigenvalue weighted by atomic mass is 32.2. The van der Waals surface area contributed by atoms with E-state index in [1.165, 1.54) is 17.8 Å². The monoisotopic (exact) mass is 682 g/mol. The van der Waals surface area contributed by atoms with Crippen molar-refractivity contribution in [2.75, 3.05) is 5.75 Å². The predicted octanol–water partition coefficient (Wildman–Crippen LogP) is 6.48. The van der Waals surface area contributed by atoms with Crippen molar-refractivity contribution in [1.82, 2.24) is 9.71 Å². The van der Waals surface area contributed by atoms with E-state index in [1.807, 2.05) is 78.9 Å². The molecule has 48 heavy (non-hydrogen) atoms. The average Bonchev–Trinajstić information content (AvgIpc) is 3.14. The molecule has 246 valence electrons. The Balaban J connectivity index is 1.30. The average molecular weight is 683 g/mol. The number of carboxylic acid groups (broad SMARTS) is 1. The first-order chi connectivity index (χ1) is 23.3. The Labute approximate surface area is 283 Å². The number of aliphatic hydroxyl groups is 1. The summed E-state index contributed by atoms with van der Waals surface area (Å²) >= 11 is 1.32. The van der Waals surface area contributed by atoms with Crippen molar-refractivity contribution in [2.24, 2.45) is 0 Å². The fraction of sp³-hybridized carbons (Fsp3) is 0.189. The quantitative estimate of drug-likeness (QED) is 0.126. The molecule has 2 heterocycles. The second-order valence-corrected chi connectivity index (χ2v) is 14.0. The number of rotatable bonds is 12. The van der Waals surface area contributed by atoms with Crippen LogP contribution in [0.5, 0.6) is 0 Å². The first-order valence-electron chi connectivity index (χ1n) is 15.3. The zero-order valence-corrected chi connectivity index (χ0v) is 27.4. The highest BCUT2D eigenvalue weighted by molar-refractivity contribution is 7.99. The van der Waals surface area contributed by atoms with Gasteiger partial charge in [0.1, 0.15) is 5.03 Å². The molecule has 4 aromatic carbocycles. The molecule has 11 heteroatoms. The van der Waals surface area contributed by atoms with E-state index < -0.39 is 34.5 Å². The highest BCUT2D eigenvalue weighted by Gasteiger charge is 2.42. The largest absolute Gasteiger partial charge is 0.478 e. The number of benzene rings is 4. The van der Waals surface area contributed by atoms with Gasteiger partial charge < -0.3 is 19.7 Å². The second-order valence-electron chi connectivity index (χ2n) is 11.3. The molecule has 0 spiro atoms. The van der Waals surface area contributed by atoms with Crippen LogP contribution in [0.25, 0.3) is 0 Å².